The summed E-state index contributed by atoms with van der Waals surface area (Å²) >= 11 is 0. The Hall–Kier alpha value is -6.38. The molecule has 1 aliphatic rings. The Morgan fingerprint density at radius 3 is 1.73 bits per heavy atom. The predicted molar refractivity (Wildman–Crippen MR) is 216 cm³/mol. The van der Waals surface area contributed by atoms with Crippen molar-refractivity contribution >= 4 is 49.6 Å². The molecule has 2 nitrogen and oxygen atoms in total. The molecule has 242 valence electrons. The second-order valence-corrected chi connectivity index (χ2v) is 14.1. The molecular formula is C49H36N2. The zero-order chi connectivity index (χ0) is 34.1. The molecule has 1 heterocycles. The summed E-state index contributed by atoms with van der Waals surface area (Å²) in [7, 11) is 0. The molecule has 0 aliphatic heterocycles. The maximum atomic E-state index is 2.54. The van der Waals surface area contributed by atoms with E-state index in [1.807, 2.05) is 0 Å². The van der Waals surface area contributed by atoms with Gasteiger partial charge in [-0.3, -0.25) is 0 Å². The van der Waals surface area contributed by atoms with Crippen molar-refractivity contribution in [2.24, 2.45) is 0 Å². The third-order valence-electron chi connectivity index (χ3n) is 10.9. The summed E-state index contributed by atoms with van der Waals surface area (Å²) in [6.07, 6.45) is 0. The van der Waals surface area contributed by atoms with E-state index in [1.54, 1.807) is 0 Å². The molecule has 0 bridgehead atoms. The van der Waals surface area contributed by atoms with Gasteiger partial charge in [0.15, 0.2) is 0 Å². The van der Waals surface area contributed by atoms with Crippen molar-refractivity contribution in [1.82, 2.24) is 4.57 Å². The summed E-state index contributed by atoms with van der Waals surface area (Å²) in [5.41, 5.74) is 14.8. The van der Waals surface area contributed by atoms with Crippen LogP contribution in [-0.4, -0.2) is 4.57 Å². The van der Waals surface area contributed by atoms with Crippen LogP contribution in [0.5, 0.6) is 0 Å². The Morgan fingerprint density at radius 2 is 1.04 bits per heavy atom. The minimum absolute atomic E-state index is 0.201. The summed E-state index contributed by atoms with van der Waals surface area (Å²) in [5.74, 6) is 0. The first kappa shape index (κ1) is 29.5. The van der Waals surface area contributed by atoms with Gasteiger partial charge in [0.1, 0.15) is 0 Å². The molecule has 0 saturated heterocycles. The van der Waals surface area contributed by atoms with Crippen LogP contribution in [0.25, 0.3) is 60.5 Å². The Labute approximate surface area is 298 Å². The van der Waals surface area contributed by atoms with Crippen LogP contribution in [0.3, 0.4) is 0 Å². The van der Waals surface area contributed by atoms with Crippen molar-refractivity contribution in [3.8, 4) is 27.9 Å². The van der Waals surface area contributed by atoms with Gasteiger partial charge in [0.05, 0.1) is 11.0 Å². The van der Waals surface area contributed by atoms with Crippen molar-refractivity contribution in [2.75, 3.05) is 4.90 Å². The first-order valence-corrected chi connectivity index (χ1v) is 17.8. The number of hydrogen-bond acceptors (Lipinski definition) is 1. The van der Waals surface area contributed by atoms with Gasteiger partial charge in [0.25, 0.3) is 0 Å². The third kappa shape index (κ3) is 4.43. The van der Waals surface area contributed by atoms with E-state index in [0.29, 0.717) is 0 Å². The smallest absolute Gasteiger partial charge is 0.0594 e. The molecule has 2 heteroatoms. The molecule has 0 unspecified atom stereocenters. The summed E-state index contributed by atoms with van der Waals surface area (Å²) in [4.78, 5) is 2.37. The third-order valence-corrected chi connectivity index (χ3v) is 10.9. The van der Waals surface area contributed by atoms with E-state index < -0.39 is 0 Å². The highest BCUT2D eigenvalue weighted by molar-refractivity contribution is 6.27. The van der Waals surface area contributed by atoms with Crippen molar-refractivity contribution in [3.63, 3.8) is 0 Å². The van der Waals surface area contributed by atoms with Crippen LogP contribution in [0.15, 0.2) is 182 Å². The monoisotopic (exact) mass is 652 g/mol. The zero-order valence-corrected chi connectivity index (χ0v) is 28.7. The van der Waals surface area contributed by atoms with E-state index in [-0.39, 0.29) is 5.41 Å². The van der Waals surface area contributed by atoms with E-state index >= 15 is 0 Å². The highest BCUT2D eigenvalue weighted by Crippen LogP contribution is 2.56. The molecule has 0 atom stereocenters. The van der Waals surface area contributed by atoms with E-state index in [2.05, 4.69) is 205 Å². The lowest BCUT2D eigenvalue weighted by molar-refractivity contribution is 0.664. The minimum atomic E-state index is -0.201. The van der Waals surface area contributed by atoms with E-state index in [4.69, 9.17) is 0 Å². The number of nitrogens with zero attached hydrogens (tertiary/aromatic N) is 2. The molecule has 0 fully saturated rings. The average molecular weight is 653 g/mol. The summed E-state index contributed by atoms with van der Waals surface area (Å²) in [6, 6.07) is 66.3. The Balaban J connectivity index is 1.34. The highest BCUT2D eigenvalue weighted by atomic mass is 15.1. The molecule has 10 rings (SSSR count). The molecule has 8 aromatic carbocycles. The Kier molecular flexibility index (Phi) is 6.56. The van der Waals surface area contributed by atoms with Gasteiger partial charge >= 0.3 is 0 Å². The quantitative estimate of drug-likeness (QED) is 0.180. The van der Waals surface area contributed by atoms with Crippen LogP contribution < -0.4 is 4.90 Å². The maximum absolute atomic E-state index is 2.54. The van der Waals surface area contributed by atoms with E-state index in [0.717, 1.165) is 22.7 Å². The molecule has 0 radical (unpaired) electrons. The summed E-state index contributed by atoms with van der Waals surface area (Å²) < 4.78 is 2.54. The first-order chi connectivity index (χ1) is 25.1. The lowest BCUT2D eigenvalue weighted by Crippen LogP contribution is -2.16. The van der Waals surface area contributed by atoms with Crippen LogP contribution in [0.1, 0.15) is 25.0 Å². The molecule has 9 aromatic rings. The standard InChI is InChI=1S/C49H36N2/c1-49(2)43-25-15-14-24-41(43)45-39-22-12-13-23-40(39)46-42-32-38(50(35-18-8-4-9-19-35)36-20-10-5-11-21-36)30-31-44(42)51(48(46)47(45)49)37-28-26-34(27-29-37)33-16-6-3-7-17-33/h3-32H,1-2H3. The predicted octanol–water partition coefficient (Wildman–Crippen LogP) is 13.4. The van der Waals surface area contributed by atoms with Crippen LogP contribution in [0.4, 0.5) is 17.1 Å². The molecule has 51 heavy (non-hydrogen) atoms. The highest BCUT2D eigenvalue weighted by Gasteiger charge is 2.40. The van der Waals surface area contributed by atoms with Gasteiger partial charge in [-0.15, -0.1) is 0 Å². The van der Waals surface area contributed by atoms with Crippen LogP contribution >= 0.6 is 0 Å². The fraction of sp³-hybridized carbons (Fsp3) is 0.0612. The van der Waals surface area contributed by atoms with Crippen LogP contribution in [-0.2, 0) is 5.41 Å². The SMILES string of the molecule is CC1(C)c2ccccc2-c2c1c1c(c3ccccc23)c2cc(N(c3ccccc3)c3ccccc3)ccc2n1-c1ccc(-c2ccccc2)cc1. The molecule has 0 saturated carbocycles. The number of benzene rings is 8. The fourth-order valence-corrected chi connectivity index (χ4v) is 8.67. The van der Waals surface area contributed by atoms with E-state index in [1.165, 1.54) is 66.0 Å². The van der Waals surface area contributed by atoms with Gasteiger partial charge < -0.3 is 9.47 Å². The Morgan fingerprint density at radius 1 is 0.471 bits per heavy atom. The molecule has 1 aliphatic carbocycles. The summed E-state index contributed by atoms with van der Waals surface area (Å²) in [5, 5.41) is 5.14. The van der Waals surface area contributed by atoms with Gasteiger partial charge in [0.2, 0.25) is 0 Å². The number of hydrogen-bond donors (Lipinski definition) is 0. The molecule has 1 aromatic heterocycles. The van der Waals surface area contributed by atoms with E-state index in [9.17, 15) is 0 Å². The first-order valence-electron chi connectivity index (χ1n) is 17.8. The van der Waals surface area contributed by atoms with Gasteiger partial charge in [-0.25, -0.2) is 0 Å². The molecular weight excluding hydrogens is 617 g/mol. The zero-order valence-electron chi connectivity index (χ0n) is 28.7. The second-order valence-electron chi connectivity index (χ2n) is 14.1. The van der Waals surface area contributed by atoms with Crippen molar-refractivity contribution in [1.29, 1.82) is 0 Å². The minimum Gasteiger partial charge on any atom is -0.310 e. The van der Waals surface area contributed by atoms with Gasteiger partial charge in [-0.1, -0.05) is 141 Å². The van der Waals surface area contributed by atoms with Gasteiger partial charge in [-0.2, -0.15) is 0 Å². The van der Waals surface area contributed by atoms with Crippen molar-refractivity contribution in [3.05, 3.63) is 193 Å². The second kappa shape index (κ2) is 11.3. The molecule has 0 N–H and O–H groups in total. The fourth-order valence-electron chi connectivity index (χ4n) is 8.67. The maximum Gasteiger partial charge on any atom is 0.0594 e. The van der Waals surface area contributed by atoms with Gasteiger partial charge in [0, 0.05) is 38.9 Å². The number of rotatable bonds is 5. The number of aromatic nitrogens is 1. The van der Waals surface area contributed by atoms with Crippen molar-refractivity contribution < 1.29 is 0 Å². The number of para-hydroxylation sites is 2. The average Bonchev–Trinajstić information content (AvgIpc) is 3.65. The van der Waals surface area contributed by atoms with Crippen LogP contribution in [0, 0.1) is 0 Å². The Bertz CT molecular complexity index is 2700. The normalized spacial score (nSPS) is 13.1. The number of anilines is 3. The number of fused-ring (bicyclic) bond motifs is 10. The summed E-state index contributed by atoms with van der Waals surface area (Å²) in [6.45, 7) is 4.81. The topological polar surface area (TPSA) is 8.17 Å². The van der Waals surface area contributed by atoms with Crippen molar-refractivity contribution in [2.45, 2.75) is 19.3 Å². The lowest BCUT2D eigenvalue weighted by Gasteiger charge is -2.25. The lowest BCUT2D eigenvalue weighted by atomic mass is 9.80. The largest absolute Gasteiger partial charge is 0.310 e. The van der Waals surface area contributed by atoms with Gasteiger partial charge in [-0.05, 0) is 98.8 Å². The molecule has 0 amide bonds. The van der Waals surface area contributed by atoms with Crippen LogP contribution in [0.2, 0.25) is 0 Å². The molecule has 0 spiro atoms.